The molecule has 21 heavy (non-hydrogen) atoms. The summed E-state index contributed by atoms with van der Waals surface area (Å²) in [5.74, 6) is -0.0125. The van der Waals surface area contributed by atoms with Gasteiger partial charge in [-0.15, -0.1) is 0 Å². The maximum absolute atomic E-state index is 12.2. The highest BCUT2D eigenvalue weighted by molar-refractivity contribution is 9.11. The predicted molar refractivity (Wildman–Crippen MR) is 91.7 cm³/mol. The number of hydrogen-bond acceptors (Lipinski definition) is 3. The van der Waals surface area contributed by atoms with Gasteiger partial charge in [-0.25, -0.2) is 0 Å². The number of carbonyl (C=O) groups excluding carboxylic acids is 1. The SMILES string of the molecule is Cc1cc(Br)c(NC(=O)CN2CC(C)OC(C)C2)c(Br)c1. The van der Waals surface area contributed by atoms with Gasteiger partial charge in [-0.1, -0.05) is 0 Å². The largest absolute Gasteiger partial charge is 0.373 e. The van der Waals surface area contributed by atoms with E-state index in [9.17, 15) is 4.79 Å². The van der Waals surface area contributed by atoms with Crippen molar-refractivity contribution in [3.05, 3.63) is 26.6 Å². The molecule has 1 aromatic rings. The van der Waals surface area contributed by atoms with Gasteiger partial charge in [0.25, 0.3) is 0 Å². The first-order valence-electron chi connectivity index (χ1n) is 6.98. The van der Waals surface area contributed by atoms with Crippen molar-refractivity contribution in [2.24, 2.45) is 0 Å². The molecule has 0 aromatic heterocycles. The molecule has 0 radical (unpaired) electrons. The Labute approximate surface area is 142 Å². The van der Waals surface area contributed by atoms with Gasteiger partial charge < -0.3 is 10.1 Å². The number of morpholine rings is 1. The first-order chi connectivity index (χ1) is 9.85. The summed E-state index contributed by atoms with van der Waals surface area (Å²) in [6, 6.07) is 3.97. The summed E-state index contributed by atoms with van der Waals surface area (Å²) >= 11 is 6.98. The lowest BCUT2D eigenvalue weighted by Gasteiger charge is -2.34. The van der Waals surface area contributed by atoms with Gasteiger partial charge in [0.05, 0.1) is 24.4 Å². The van der Waals surface area contributed by atoms with Gasteiger partial charge in [0.2, 0.25) is 5.91 Å². The van der Waals surface area contributed by atoms with Crippen LogP contribution in [0.2, 0.25) is 0 Å². The molecule has 2 atom stereocenters. The second-order valence-corrected chi connectivity index (χ2v) is 7.31. The Morgan fingerprint density at radius 3 is 2.33 bits per heavy atom. The Hall–Kier alpha value is -0.430. The highest BCUT2D eigenvalue weighted by atomic mass is 79.9. The van der Waals surface area contributed by atoms with Gasteiger partial charge in [0, 0.05) is 22.0 Å². The van der Waals surface area contributed by atoms with Crippen molar-refractivity contribution in [3.8, 4) is 0 Å². The van der Waals surface area contributed by atoms with Crippen LogP contribution in [0.5, 0.6) is 0 Å². The number of nitrogens with one attached hydrogen (secondary N) is 1. The lowest BCUT2D eigenvalue weighted by molar-refractivity contribution is -0.121. The Balaban J connectivity index is 1.99. The molecule has 1 heterocycles. The summed E-state index contributed by atoms with van der Waals surface area (Å²) in [6.07, 6.45) is 0.332. The number of amides is 1. The molecule has 6 heteroatoms. The van der Waals surface area contributed by atoms with Crippen molar-refractivity contribution < 1.29 is 9.53 Å². The molecule has 0 aliphatic carbocycles. The molecule has 2 rings (SSSR count). The third-order valence-electron chi connectivity index (χ3n) is 3.31. The number of hydrogen-bond donors (Lipinski definition) is 1. The van der Waals surface area contributed by atoms with Crippen molar-refractivity contribution >= 4 is 43.5 Å². The van der Waals surface area contributed by atoms with E-state index in [4.69, 9.17) is 4.74 Å². The van der Waals surface area contributed by atoms with E-state index in [2.05, 4.69) is 42.1 Å². The quantitative estimate of drug-likeness (QED) is 0.814. The summed E-state index contributed by atoms with van der Waals surface area (Å²) < 4.78 is 7.44. The van der Waals surface area contributed by atoms with E-state index in [1.807, 2.05) is 32.9 Å². The maximum Gasteiger partial charge on any atom is 0.238 e. The summed E-state index contributed by atoms with van der Waals surface area (Å²) in [5, 5.41) is 2.97. The molecule has 0 bridgehead atoms. The monoisotopic (exact) mass is 418 g/mol. The zero-order valence-electron chi connectivity index (χ0n) is 12.5. The first kappa shape index (κ1) is 16.9. The van der Waals surface area contributed by atoms with Gasteiger partial charge in [-0.2, -0.15) is 0 Å². The minimum atomic E-state index is -0.0125. The van der Waals surface area contributed by atoms with Gasteiger partial charge in [0.1, 0.15) is 0 Å². The molecule has 0 spiro atoms. The Kier molecular flexibility index (Phi) is 5.82. The molecule has 1 aromatic carbocycles. The van der Waals surface area contributed by atoms with Crippen molar-refractivity contribution in [2.45, 2.75) is 33.0 Å². The zero-order chi connectivity index (χ0) is 15.6. The summed E-state index contributed by atoms with van der Waals surface area (Å²) in [7, 11) is 0. The van der Waals surface area contributed by atoms with Crippen LogP contribution in [0, 0.1) is 6.92 Å². The van der Waals surface area contributed by atoms with Crippen molar-refractivity contribution in [3.63, 3.8) is 0 Å². The maximum atomic E-state index is 12.2. The third-order valence-corrected chi connectivity index (χ3v) is 4.56. The number of ether oxygens (including phenoxy) is 1. The summed E-state index contributed by atoms with van der Waals surface area (Å²) in [6.45, 7) is 8.03. The fraction of sp³-hybridized carbons (Fsp3) is 0.533. The number of rotatable bonds is 3. The van der Waals surface area contributed by atoms with E-state index in [0.29, 0.717) is 6.54 Å². The number of benzene rings is 1. The number of nitrogens with zero attached hydrogens (tertiary/aromatic N) is 1. The van der Waals surface area contributed by atoms with Crippen LogP contribution in [0.25, 0.3) is 0 Å². The molecular weight excluding hydrogens is 400 g/mol. The van der Waals surface area contributed by atoms with Crippen LogP contribution in [-0.2, 0) is 9.53 Å². The van der Waals surface area contributed by atoms with Crippen LogP contribution in [-0.4, -0.2) is 42.6 Å². The van der Waals surface area contributed by atoms with E-state index >= 15 is 0 Å². The molecule has 1 saturated heterocycles. The van der Waals surface area contributed by atoms with Gasteiger partial charge in [-0.05, 0) is 70.3 Å². The molecule has 1 aliphatic rings. The van der Waals surface area contributed by atoms with E-state index in [1.165, 1.54) is 0 Å². The topological polar surface area (TPSA) is 41.6 Å². The highest BCUT2D eigenvalue weighted by Gasteiger charge is 2.24. The first-order valence-corrected chi connectivity index (χ1v) is 8.57. The average Bonchev–Trinajstić information content (AvgIpc) is 2.32. The molecule has 116 valence electrons. The lowest BCUT2D eigenvalue weighted by atomic mass is 10.2. The minimum Gasteiger partial charge on any atom is -0.373 e. The van der Waals surface area contributed by atoms with E-state index < -0.39 is 0 Å². The fourth-order valence-corrected chi connectivity index (χ4v) is 4.23. The van der Waals surface area contributed by atoms with Crippen LogP contribution < -0.4 is 5.32 Å². The second kappa shape index (κ2) is 7.22. The Morgan fingerprint density at radius 1 is 1.29 bits per heavy atom. The zero-order valence-corrected chi connectivity index (χ0v) is 15.6. The number of halogens is 2. The number of aryl methyl sites for hydroxylation is 1. The minimum absolute atomic E-state index is 0.0125. The average molecular weight is 420 g/mol. The highest BCUT2D eigenvalue weighted by Crippen LogP contribution is 2.32. The van der Waals surface area contributed by atoms with Crippen LogP contribution in [0.1, 0.15) is 19.4 Å². The van der Waals surface area contributed by atoms with Gasteiger partial charge in [-0.3, -0.25) is 9.69 Å². The van der Waals surface area contributed by atoms with Crippen molar-refractivity contribution in [1.29, 1.82) is 0 Å². The molecule has 0 saturated carbocycles. The smallest absolute Gasteiger partial charge is 0.238 e. The number of anilines is 1. The van der Waals surface area contributed by atoms with Gasteiger partial charge in [0.15, 0.2) is 0 Å². The molecule has 4 nitrogen and oxygen atoms in total. The van der Waals surface area contributed by atoms with Crippen LogP contribution >= 0.6 is 31.9 Å². The normalized spacial score (nSPS) is 23.1. The number of carbonyl (C=O) groups is 1. The molecular formula is C15H20Br2N2O2. The standard InChI is InChI=1S/C15H20Br2N2O2/c1-9-4-12(16)15(13(17)5-9)18-14(20)8-19-6-10(2)21-11(3)7-19/h4-5,10-11H,6-8H2,1-3H3,(H,18,20). The molecule has 1 aliphatic heterocycles. The van der Waals surface area contributed by atoms with Crippen LogP contribution in [0.15, 0.2) is 21.1 Å². The van der Waals surface area contributed by atoms with Crippen molar-refractivity contribution in [2.75, 3.05) is 25.0 Å². The van der Waals surface area contributed by atoms with Crippen LogP contribution in [0.4, 0.5) is 5.69 Å². The van der Waals surface area contributed by atoms with Gasteiger partial charge >= 0.3 is 0 Å². The fourth-order valence-electron chi connectivity index (χ4n) is 2.61. The van der Waals surface area contributed by atoms with Crippen molar-refractivity contribution in [1.82, 2.24) is 4.90 Å². The summed E-state index contributed by atoms with van der Waals surface area (Å²) in [4.78, 5) is 14.4. The molecule has 2 unspecified atom stereocenters. The second-order valence-electron chi connectivity index (χ2n) is 5.60. The Bertz CT molecular complexity index is 503. The van der Waals surface area contributed by atoms with E-state index in [1.54, 1.807) is 0 Å². The predicted octanol–water partition coefficient (Wildman–Crippen LogP) is 3.57. The third kappa shape index (κ3) is 4.77. The summed E-state index contributed by atoms with van der Waals surface area (Å²) in [5.41, 5.74) is 1.91. The molecule has 1 amide bonds. The molecule has 1 N–H and O–H groups in total. The van der Waals surface area contributed by atoms with Crippen LogP contribution in [0.3, 0.4) is 0 Å². The Morgan fingerprint density at radius 2 is 1.81 bits per heavy atom. The van der Waals surface area contributed by atoms with E-state index in [0.717, 1.165) is 33.3 Å². The molecule has 1 fully saturated rings. The van der Waals surface area contributed by atoms with E-state index in [-0.39, 0.29) is 18.1 Å². The lowest BCUT2D eigenvalue weighted by Crippen LogP contribution is -2.48.